The van der Waals surface area contributed by atoms with Crippen molar-refractivity contribution in [3.63, 3.8) is 0 Å². The fourth-order valence-corrected chi connectivity index (χ4v) is 6.13. The van der Waals surface area contributed by atoms with Crippen LogP contribution in [0.15, 0.2) is 54.6 Å². The van der Waals surface area contributed by atoms with Gasteiger partial charge in [0.25, 0.3) is 0 Å². The third kappa shape index (κ3) is 3.26. The van der Waals surface area contributed by atoms with Crippen molar-refractivity contribution in [3.05, 3.63) is 70.7 Å². The fraction of sp³-hybridized carbons (Fsp3) is 0.480. The maximum Gasteiger partial charge on any atom is 0.225 e. The van der Waals surface area contributed by atoms with Gasteiger partial charge in [-0.25, -0.2) is 0 Å². The zero-order valence-electron chi connectivity index (χ0n) is 17.2. The van der Waals surface area contributed by atoms with Crippen LogP contribution in [0.3, 0.4) is 0 Å². The minimum Gasteiger partial charge on any atom is -0.395 e. The average Bonchev–Trinajstić information content (AvgIpc) is 3.27. The first-order valence-corrected chi connectivity index (χ1v) is 11.5. The van der Waals surface area contributed by atoms with Gasteiger partial charge in [-0.2, -0.15) is 0 Å². The van der Waals surface area contributed by atoms with Crippen LogP contribution in [0, 0.1) is 5.92 Å². The lowest BCUT2D eigenvalue weighted by molar-refractivity contribution is -0.202. The van der Waals surface area contributed by atoms with E-state index >= 15 is 0 Å². The Bertz CT molecular complexity index is 889. The summed E-state index contributed by atoms with van der Waals surface area (Å²) in [6, 6.07) is 18.5. The fourth-order valence-electron chi connectivity index (χ4n) is 6.00. The Hall–Kier alpha value is -1.88. The highest BCUT2D eigenvalue weighted by atomic mass is 35.5. The third-order valence-electron chi connectivity index (χ3n) is 7.49. The Morgan fingerprint density at radius 1 is 1.03 bits per heavy atom. The molecule has 2 heterocycles. The van der Waals surface area contributed by atoms with Gasteiger partial charge in [0, 0.05) is 42.5 Å². The molecule has 3 aliphatic rings. The number of nitrogens with zero attached hydrogens (tertiary/aromatic N) is 2. The predicted molar refractivity (Wildman–Crippen MR) is 118 cm³/mol. The lowest BCUT2D eigenvalue weighted by Gasteiger charge is -2.71. The van der Waals surface area contributed by atoms with E-state index in [1.54, 1.807) is 0 Å². The maximum atomic E-state index is 13.0. The number of carbonyl (C=O) groups excluding carboxylic acids is 1. The number of amides is 1. The molecule has 1 amide bonds. The molecule has 1 saturated carbocycles. The van der Waals surface area contributed by atoms with E-state index in [4.69, 9.17) is 11.6 Å². The van der Waals surface area contributed by atoms with E-state index in [1.165, 1.54) is 24.0 Å². The van der Waals surface area contributed by atoms with Crippen molar-refractivity contribution < 1.29 is 9.90 Å². The molecule has 1 aliphatic carbocycles. The van der Waals surface area contributed by atoms with E-state index in [9.17, 15) is 9.90 Å². The second-order valence-corrected chi connectivity index (χ2v) is 9.61. The Kier molecular flexibility index (Phi) is 5.34. The Morgan fingerprint density at radius 3 is 2.33 bits per heavy atom. The number of hydrogen-bond acceptors (Lipinski definition) is 3. The molecule has 0 aromatic heterocycles. The SMILES string of the molecule is O=C(C1CCCC1)N1CC2(C1)[C@H](c1ccccc1)[C@@H](CO)N2Cc1ccc(Cl)cc1. The van der Waals surface area contributed by atoms with Crippen LogP contribution in [0.4, 0.5) is 0 Å². The molecular formula is C25H29ClN2O2. The summed E-state index contributed by atoms with van der Waals surface area (Å²) in [5.74, 6) is 0.795. The highest BCUT2D eigenvalue weighted by molar-refractivity contribution is 6.30. The van der Waals surface area contributed by atoms with Crippen LogP contribution in [0.5, 0.6) is 0 Å². The van der Waals surface area contributed by atoms with Crippen LogP contribution in [0.25, 0.3) is 0 Å². The van der Waals surface area contributed by atoms with Crippen LogP contribution >= 0.6 is 11.6 Å². The molecule has 1 N–H and O–H groups in total. The second-order valence-electron chi connectivity index (χ2n) is 9.17. The molecule has 0 unspecified atom stereocenters. The standard InChI is InChI=1S/C25H29ClN2O2/c26-21-12-10-18(11-13-21)14-28-22(15-29)23(19-6-2-1-3-7-19)25(28)16-27(17-25)24(30)20-8-4-5-9-20/h1-3,6-7,10-13,20,22-23,29H,4-5,8-9,14-17H2/t22-,23-/m1/s1. The van der Waals surface area contributed by atoms with E-state index in [2.05, 4.69) is 46.2 Å². The minimum absolute atomic E-state index is 0.0619. The highest BCUT2D eigenvalue weighted by Gasteiger charge is 2.66. The monoisotopic (exact) mass is 424 g/mol. The molecule has 2 aromatic rings. The topological polar surface area (TPSA) is 43.8 Å². The number of aliphatic hydroxyl groups excluding tert-OH is 1. The smallest absolute Gasteiger partial charge is 0.225 e. The van der Waals surface area contributed by atoms with Gasteiger partial charge in [0.1, 0.15) is 0 Å². The zero-order chi connectivity index (χ0) is 20.7. The normalized spacial score (nSPS) is 25.9. The van der Waals surface area contributed by atoms with Gasteiger partial charge in [-0.1, -0.05) is 66.9 Å². The van der Waals surface area contributed by atoms with Gasteiger partial charge < -0.3 is 10.0 Å². The van der Waals surface area contributed by atoms with Gasteiger partial charge in [0.05, 0.1) is 12.1 Å². The summed E-state index contributed by atoms with van der Waals surface area (Å²) in [7, 11) is 0. The van der Waals surface area contributed by atoms with Crippen molar-refractivity contribution in [1.82, 2.24) is 9.80 Å². The molecule has 2 saturated heterocycles. The summed E-state index contributed by atoms with van der Waals surface area (Å²) < 4.78 is 0. The summed E-state index contributed by atoms with van der Waals surface area (Å²) in [6.07, 6.45) is 4.44. The number of carbonyl (C=O) groups is 1. The van der Waals surface area contributed by atoms with Gasteiger partial charge >= 0.3 is 0 Å². The van der Waals surface area contributed by atoms with Crippen molar-refractivity contribution in [3.8, 4) is 0 Å². The number of rotatable bonds is 5. The van der Waals surface area contributed by atoms with E-state index in [-0.39, 0.29) is 30.0 Å². The molecule has 4 nitrogen and oxygen atoms in total. The minimum atomic E-state index is -0.0946. The Labute approximate surface area is 183 Å². The van der Waals surface area contributed by atoms with Crippen molar-refractivity contribution in [2.24, 2.45) is 5.92 Å². The molecule has 2 atom stereocenters. The van der Waals surface area contributed by atoms with Crippen molar-refractivity contribution >= 4 is 17.5 Å². The molecule has 3 fully saturated rings. The lowest BCUT2D eigenvalue weighted by atomic mass is 9.60. The van der Waals surface area contributed by atoms with Gasteiger partial charge in [-0.3, -0.25) is 9.69 Å². The largest absolute Gasteiger partial charge is 0.395 e. The molecular weight excluding hydrogens is 396 g/mol. The summed E-state index contributed by atoms with van der Waals surface area (Å²) in [5, 5.41) is 11.0. The van der Waals surface area contributed by atoms with Crippen molar-refractivity contribution in [1.29, 1.82) is 0 Å². The van der Waals surface area contributed by atoms with Crippen molar-refractivity contribution in [2.45, 2.75) is 49.7 Å². The number of halogens is 1. The predicted octanol–water partition coefficient (Wildman–Crippen LogP) is 4.07. The molecule has 5 rings (SSSR count). The van der Waals surface area contributed by atoms with Gasteiger partial charge in [-0.15, -0.1) is 0 Å². The summed E-state index contributed by atoms with van der Waals surface area (Å²) >= 11 is 6.07. The Morgan fingerprint density at radius 2 is 1.70 bits per heavy atom. The van der Waals surface area contributed by atoms with Gasteiger partial charge in [-0.05, 0) is 36.1 Å². The summed E-state index contributed by atoms with van der Waals surface area (Å²) in [6.45, 7) is 2.39. The molecule has 0 radical (unpaired) electrons. The molecule has 30 heavy (non-hydrogen) atoms. The van der Waals surface area contributed by atoms with E-state index in [0.29, 0.717) is 5.91 Å². The molecule has 1 spiro atoms. The molecule has 5 heteroatoms. The zero-order valence-corrected chi connectivity index (χ0v) is 18.0. The molecule has 158 valence electrons. The van der Waals surface area contributed by atoms with Crippen LogP contribution in [0.2, 0.25) is 5.02 Å². The van der Waals surface area contributed by atoms with E-state index in [0.717, 1.165) is 37.5 Å². The van der Waals surface area contributed by atoms with Crippen LogP contribution in [0.1, 0.15) is 42.7 Å². The molecule has 2 aliphatic heterocycles. The first kappa shape index (κ1) is 20.0. The summed E-state index contributed by atoms with van der Waals surface area (Å²) in [5.41, 5.74) is 2.35. The second kappa shape index (κ2) is 7.99. The number of likely N-dealkylation sites (tertiary alicyclic amines) is 2. The van der Waals surface area contributed by atoms with E-state index in [1.807, 2.05) is 18.2 Å². The van der Waals surface area contributed by atoms with Gasteiger partial charge in [0.2, 0.25) is 5.91 Å². The van der Waals surface area contributed by atoms with Crippen LogP contribution in [-0.2, 0) is 11.3 Å². The highest BCUT2D eigenvalue weighted by Crippen LogP contribution is 2.54. The average molecular weight is 425 g/mol. The Balaban J connectivity index is 1.40. The van der Waals surface area contributed by atoms with Crippen LogP contribution < -0.4 is 0 Å². The molecule has 2 aromatic carbocycles. The summed E-state index contributed by atoms with van der Waals surface area (Å²) in [4.78, 5) is 17.5. The number of hydrogen-bond donors (Lipinski definition) is 1. The molecule has 0 bridgehead atoms. The first-order valence-electron chi connectivity index (χ1n) is 11.1. The van der Waals surface area contributed by atoms with Crippen molar-refractivity contribution in [2.75, 3.05) is 19.7 Å². The first-order chi connectivity index (χ1) is 14.6. The van der Waals surface area contributed by atoms with Crippen LogP contribution in [-0.4, -0.2) is 52.1 Å². The third-order valence-corrected chi connectivity index (χ3v) is 7.75. The lowest BCUT2D eigenvalue weighted by Crippen LogP contribution is -2.84. The van der Waals surface area contributed by atoms with E-state index < -0.39 is 0 Å². The quantitative estimate of drug-likeness (QED) is 0.786. The maximum absolute atomic E-state index is 13.0. The number of benzene rings is 2. The number of aliphatic hydroxyl groups is 1. The van der Waals surface area contributed by atoms with Gasteiger partial charge in [0.15, 0.2) is 0 Å².